The SMILES string of the molecule is CC(NCc1c[nH]c2ncccc12)c1ccccn1. The minimum Gasteiger partial charge on any atom is -0.346 e. The molecule has 0 bridgehead atoms. The maximum absolute atomic E-state index is 4.36. The van der Waals surface area contributed by atoms with E-state index in [9.17, 15) is 0 Å². The molecule has 0 fully saturated rings. The van der Waals surface area contributed by atoms with Crippen LogP contribution in [0.4, 0.5) is 0 Å². The second-order valence-corrected chi connectivity index (χ2v) is 4.57. The molecule has 1 unspecified atom stereocenters. The third-order valence-corrected chi connectivity index (χ3v) is 3.27. The van der Waals surface area contributed by atoms with Gasteiger partial charge in [-0.05, 0) is 36.8 Å². The van der Waals surface area contributed by atoms with Crippen molar-refractivity contribution in [3.8, 4) is 0 Å². The number of rotatable bonds is 4. The maximum Gasteiger partial charge on any atom is 0.137 e. The van der Waals surface area contributed by atoms with E-state index in [2.05, 4.69) is 33.3 Å². The lowest BCUT2D eigenvalue weighted by molar-refractivity contribution is 0.563. The highest BCUT2D eigenvalue weighted by molar-refractivity contribution is 5.79. The molecule has 4 nitrogen and oxygen atoms in total. The Labute approximate surface area is 111 Å². The van der Waals surface area contributed by atoms with E-state index in [4.69, 9.17) is 0 Å². The van der Waals surface area contributed by atoms with Gasteiger partial charge in [-0.25, -0.2) is 4.98 Å². The van der Waals surface area contributed by atoms with Crippen LogP contribution in [0.5, 0.6) is 0 Å². The molecule has 0 aliphatic carbocycles. The highest BCUT2D eigenvalue weighted by Crippen LogP contribution is 2.17. The normalized spacial score (nSPS) is 12.7. The lowest BCUT2D eigenvalue weighted by Gasteiger charge is -2.12. The van der Waals surface area contributed by atoms with E-state index in [0.717, 1.165) is 17.9 Å². The smallest absolute Gasteiger partial charge is 0.137 e. The van der Waals surface area contributed by atoms with Gasteiger partial charge in [0.2, 0.25) is 0 Å². The predicted octanol–water partition coefficient (Wildman–Crippen LogP) is 2.81. The largest absolute Gasteiger partial charge is 0.346 e. The number of nitrogens with one attached hydrogen (secondary N) is 2. The monoisotopic (exact) mass is 252 g/mol. The summed E-state index contributed by atoms with van der Waals surface area (Å²) in [6.45, 7) is 2.92. The minimum absolute atomic E-state index is 0.225. The third-order valence-electron chi connectivity index (χ3n) is 3.27. The van der Waals surface area contributed by atoms with Gasteiger partial charge >= 0.3 is 0 Å². The van der Waals surface area contributed by atoms with Crippen molar-refractivity contribution in [3.63, 3.8) is 0 Å². The molecule has 2 N–H and O–H groups in total. The van der Waals surface area contributed by atoms with Gasteiger partial charge in [-0.3, -0.25) is 4.98 Å². The van der Waals surface area contributed by atoms with Gasteiger partial charge < -0.3 is 10.3 Å². The number of H-pyrrole nitrogens is 1. The van der Waals surface area contributed by atoms with E-state index in [1.807, 2.05) is 36.7 Å². The van der Waals surface area contributed by atoms with Gasteiger partial charge in [0.25, 0.3) is 0 Å². The number of aromatic nitrogens is 3. The van der Waals surface area contributed by atoms with Crippen molar-refractivity contribution in [2.75, 3.05) is 0 Å². The number of aromatic amines is 1. The minimum atomic E-state index is 0.225. The molecule has 0 spiro atoms. The number of nitrogens with zero attached hydrogens (tertiary/aromatic N) is 2. The van der Waals surface area contributed by atoms with Crippen LogP contribution in [0.2, 0.25) is 0 Å². The van der Waals surface area contributed by atoms with Crippen molar-refractivity contribution in [2.24, 2.45) is 0 Å². The van der Waals surface area contributed by atoms with Gasteiger partial charge in [0.15, 0.2) is 0 Å². The van der Waals surface area contributed by atoms with Crippen LogP contribution in [0.15, 0.2) is 48.9 Å². The Bertz CT molecular complexity index is 660. The molecule has 0 aliphatic heterocycles. The summed E-state index contributed by atoms with van der Waals surface area (Å²) in [6.07, 6.45) is 5.63. The predicted molar refractivity (Wildman–Crippen MR) is 75.6 cm³/mol. The molecule has 3 aromatic rings. The molecule has 4 heteroatoms. The number of hydrogen-bond acceptors (Lipinski definition) is 3. The molecule has 0 amide bonds. The van der Waals surface area contributed by atoms with Crippen LogP contribution in [0.1, 0.15) is 24.2 Å². The molecule has 0 radical (unpaired) electrons. The van der Waals surface area contributed by atoms with Gasteiger partial charge in [0.1, 0.15) is 5.65 Å². The van der Waals surface area contributed by atoms with Crippen LogP contribution in [-0.4, -0.2) is 15.0 Å². The first-order chi connectivity index (χ1) is 9.34. The lowest BCUT2D eigenvalue weighted by atomic mass is 10.2. The van der Waals surface area contributed by atoms with E-state index < -0.39 is 0 Å². The van der Waals surface area contributed by atoms with Crippen LogP contribution >= 0.6 is 0 Å². The van der Waals surface area contributed by atoms with Gasteiger partial charge in [0, 0.05) is 36.6 Å². The Balaban J connectivity index is 1.73. The summed E-state index contributed by atoms with van der Waals surface area (Å²) < 4.78 is 0. The summed E-state index contributed by atoms with van der Waals surface area (Å²) in [6, 6.07) is 10.2. The van der Waals surface area contributed by atoms with E-state index in [-0.39, 0.29) is 6.04 Å². The van der Waals surface area contributed by atoms with Crippen LogP contribution in [0.3, 0.4) is 0 Å². The first-order valence-electron chi connectivity index (χ1n) is 6.40. The number of fused-ring (bicyclic) bond motifs is 1. The second kappa shape index (κ2) is 5.20. The maximum atomic E-state index is 4.36. The van der Waals surface area contributed by atoms with Gasteiger partial charge in [-0.1, -0.05) is 6.07 Å². The molecular weight excluding hydrogens is 236 g/mol. The molecule has 19 heavy (non-hydrogen) atoms. The molecule has 1 atom stereocenters. The fourth-order valence-electron chi connectivity index (χ4n) is 2.16. The molecule has 0 saturated carbocycles. The third kappa shape index (κ3) is 2.48. The lowest BCUT2D eigenvalue weighted by Crippen LogP contribution is -2.18. The average Bonchev–Trinajstić information content (AvgIpc) is 2.89. The molecule has 0 aromatic carbocycles. The highest BCUT2D eigenvalue weighted by Gasteiger charge is 2.08. The number of pyridine rings is 2. The van der Waals surface area contributed by atoms with E-state index in [1.165, 1.54) is 10.9 Å². The Morgan fingerprint density at radius 1 is 1.16 bits per heavy atom. The highest BCUT2D eigenvalue weighted by atomic mass is 14.9. The molecule has 3 aromatic heterocycles. The zero-order valence-corrected chi connectivity index (χ0v) is 10.8. The van der Waals surface area contributed by atoms with Gasteiger partial charge in [0.05, 0.1) is 5.69 Å². The first kappa shape index (κ1) is 11.9. The topological polar surface area (TPSA) is 53.6 Å². The van der Waals surface area contributed by atoms with Crippen molar-refractivity contribution in [1.82, 2.24) is 20.3 Å². The van der Waals surface area contributed by atoms with Crippen molar-refractivity contribution in [3.05, 3.63) is 60.2 Å². The van der Waals surface area contributed by atoms with Crippen molar-refractivity contribution in [2.45, 2.75) is 19.5 Å². The van der Waals surface area contributed by atoms with E-state index in [0.29, 0.717) is 0 Å². The Morgan fingerprint density at radius 2 is 2.05 bits per heavy atom. The van der Waals surface area contributed by atoms with Gasteiger partial charge in [-0.2, -0.15) is 0 Å². The van der Waals surface area contributed by atoms with E-state index >= 15 is 0 Å². The summed E-state index contributed by atoms with van der Waals surface area (Å²) >= 11 is 0. The van der Waals surface area contributed by atoms with Gasteiger partial charge in [-0.15, -0.1) is 0 Å². The first-order valence-corrected chi connectivity index (χ1v) is 6.40. The molecular formula is C15H16N4. The van der Waals surface area contributed by atoms with Crippen LogP contribution in [0, 0.1) is 0 Å². The van der Waals surface area contributed by atoms with Crippen LogP contribution < -0.4 is 5.32 Å². The Morgan fingerprint density at radius 3 is 2.89 bits per heavy atom. The molecule has 3 rings (SSSR count). The van der Waals surface area contributed by atoms with E-state index in [1.54, 1.807) is 6.20 Å². The fourth-order valence-corrected chi connectivity index (χ4v) is 2.16. The van der Waals surface area contributed by atoms with Crippen molar-refractivity contribution in [1.29, 1.82) is 0 Å². The second-order valence-electron chi connectivity index (χ2n) is 4.57. The summed E-state index contributed by atoms with van der Waals surface area (Å²) in [7, 11) is 0. The standard InChI is InChI=1S/C15H16N4/c1-11(14-6-2-3-7-16-14)18-9-12-10-19-15-13(12)5-4-8-17-15/h2-8,10-11,18H,9H2,1H3,(H,17,19). The van der Waals surface area contributed by atoms with Crippen LogP contribution in [0.25, 0.3) is 11.0 Å². The zero-order valence-electron chi connectivity index (χ0n) is 10.8. The van der Waals surface area contributed by atoms with Crippen molar-refractivity contribution < 1.29 is 0 Å². The quantitative estimate of drug-likeness (QED) is 0.750. The molecule has 0 saturated heterocycles. The Kier molecular flexibility index (Phi) is 3.25. The summed E-state index contributed by atoms with van der Waals surface area (Å²) in [5.41, 5.74) is 3.22. The molecule has 0 aliphatic rings. The summed E-state index contributed by atoms with van der Waals surface area (Å²) in [4.78, 5) is 11.8. The molecule has 96 valence electrons. The fraction of sp³-hybridized carbons (Fsp3) is 0.200. The van der Waals surface area contributed by atoms with Crippen molar-refractivity contribution >= 4 is 11.0 Å². The Hall–Kier alpha value is -2.20. The zero-order chi connectivity index (χ0) is 13.1. The summed E-state index contributed by atoms with van der Waals surface area (Å²) in [5, 5.41) is 4.65. The number of hydrogen-bond donors (Lipinski definition) is 2. The summed E-state index contributed by atoms with van der Waals surface area (Å²) in [5.74, 6) is 0. The van der Waals surface area contributed by atoms with Crippen LogP contribution in [-0.2, 0) is 6.54 Å². The average molecular weight is 252 g/mol. The molecule has 3 heterocycles.